The second-order valence-electron chi connectivity index (χ2n) is 5.15. The largest absolute Gasteiger partial charge is 0.331 e. The molecule has 1 aliphatic rings. The Morgan fingerprint density at radius 2 is 2.15 bits per heavy atom. The average Bonchev–Trinajstić information content (AvgIpc) is 2.46. The zero-order valence-corrected chi connectivity index (χ0v) is 12.0. The van der Waals surface area contributed by atoms with Gasteiger partial charge in [0.15, 0.2) is 0 Å². The number of aromatic nitrogens is 2. The lowest BCUT2D eigenvalue weighted by molar-refractivity contribution is 0.351. The molecule has 106 valence electrons. The van der Waals surface area contributed by atoms with Gasteiger partial charge in [0.2, 0.25) is 0 Å². The van der Waals surface area contributed by atoms with Crippen LogP contribution in [0, 0.1) is 0 Å². The van der Waals surface area contributed by atoms with Crippen molar-refractivity contribution in [1.82, 2.24) is 14.5 Å². The second kappa shape index (κ2) is 5.07. The van der Waals surface area contributed by atoms with Crippen LogP contribution in [0.15, 0.2) is 27.8 Å². The van der Waals surface area contributed by atoms with Crippen LogP contribution in [0.5, 0.6) is 0 Å². The SMILES string of the molecule is Cn1c(=O)n(C2CCCNC2)c(=O)c2c(Cl)cccc21. The summed E-state index contributed by atoms with van der Waals surface area (Å²) >= 11 is 6.15. The molecule has 1 atom stereocenters. The van der Waals surface area contributed by atoms with Gasteiger partial charge in [-0.25, -0.2) is 4.79 Å². The van der Waals surface area contributed by atoms with Gasteiger partial charge in [-0.3, -0.25) is 13.9 Å². The fraction of sp³-hybridized carbons (Fsp3) is 0.429. The molecule has 1 N–H and O–H groups in total. The Morgan fingerprint density at radius 1 is 1.35 bits per heavy atom. The maximum atomic E-state index is 12.7. The van der Waals surface area contributed by atoms with E-state index in [0.717, 1.165) is 19.4 Å². The maximum Gasteiger partial charge on any atom is 0.331 e. The van der Waals surface area contributed by atoms with Crippen LogP contribution in [0.25, 0.3) is 10.9 Å². The molecule has 1 aliphatic heterocycles. The smallest absolute Gasteiger partial charge is 0.315 e. The van der Waals surface area contributed by atoms with Gasteiger partial charge in [-0.1, -0.05) is 17.7 Å². The molecule has 1 unspecified atom stereocenters. The van der Waals surface area contributed by atoms with E-state index in [4.69, 9.17) is 11.6 Å². The van der Waals surface area contributed by atoms with E-state index in [2.05, 4.69) is 5.32 Å². The first kappa shape index (κ1) is 13.4. The van der Waals surface area contributed by atoms with E-state index >= 15 is 0 Å². The zero-order chi connectivity index (χ0) is 14.3. The van der Waals surface area contributed by atoms with Crippen molar-refractivity contribution < 1.29 is 0 Å². The summed E-state index contributed by atoms with van der Waals surface area (Å²) in [7, 11) is 1.67. The highest BCUT2D eigenvalue weighted by Gasteiger charge is 2.21. The van der Waals surface area contributed by atoms with Crippen LogP contribution >= 0.6 is 11.6 Å². The first-order chi connectivity index (χ1) is 9.61. The van der Waals surface area contributed by atoms with Gasteiger partial charge < -0.3 is 5.32 Å². The number of piperidine rings is 1. The lowest BCUT2D eigenvalue weighted by Gasteiger charge is -2.25. The fourth-order valence-corrected chi connectivity index (χ4v) is 3.10. The first-order valence-corrected chi connectivity index (χ1v) is 7.09. The molecular formula is C14H16ClN3O2. The Balaban J connectivity index is 2.35. The van der Waals surface area contributed by atoms with Crippen molar-refractivity contribution in [1.29, 1.82) is 0 Å². The van der Waals surface area contributed by atoms with Gasteiger partial charge in [0, 0.05) is 13.6 Å². The Morgan fingerprint density at radius 3 is 2.85 bits per heavy atom. The molecule has 1 fully saturated rings. The third kappa shape index (κ3) is 1.98. The number of benzene rings is 1. The van der Waals surface area contributed by atoms with Crippen LogP contribution in [0.1, 0.15) is 18.9 Å². The van der Waals surface area contributed by atoms with Crippen LogP contribution in [0.3, 0.4) is 0 Å². The monoisotopic (exact) mass is 293 g/mol. The van der Waals surface area contributed by atoms with Crippen LogP contribution in [-0.4, -0.2) is 22.2 Å². The Labute approximate surface area is 120 Å². The van der Waals surface area contributed by atoms with E-state index in [1.54, 1.807) is 25.2 Å². The van der Waals surface area contributed by atoms with E-state index in [1.807, 2.05) is 0 Å². The highest BCUT2D eigenvalue weighted by molar-refractivity contribution is 6.35. The minimum Gasteiger partial charge on any atom is -0.315 e. The van der Waals surface area contributed by atoms with Crippen LogP contribution in [-0.2, 0) is 7.05 Å². The summed E-state index contributed by atoms with van der Waals surface area (Å²) in [5.41, 5.74) is 0.00776. The molecule has 3 rings (SSSR count). The van der Waals surface area contributed by atoms with E-state index in [1.165, 1.54) is 9.13 Å². The van der Waals surface area contributed by atoms with E-state index in [9.17, 15) is 9.59 Å². The summed E-state index contributed by atoms with van der Waals surface area (Å²) in [6, 6.07) is 5.07. The highest BCUT2D eigenvalue weighted by atomic mass is 35.5. The number of fused-ring (bicyclic) bond motifs is 1. The normalized spacial score (nSPS) is 19.4. The van der Waals surface area contributed by atoms with Crippen LogP contribution in [0.4, 0.5) is 0 Å². The number of hydrogen-bond donors (Lipinski definition) is 1. The van der Waals surface area contributed by atoms with Gasteiger partial charge >= 0.3 is 5.69 Å². The maximum absolute atomic E-state index is 12.7. The Hall–Kier alpha value is -1.59. The van der Waals surface area contributed by atoms with Crippen molar-refractivity contribution in [3.8, 4) is 0 Å². The van der Waals surface area contributed by atoms with E-state index in [-0.39, 0.29) is 17.3 Å². The molecule has 0 aliphatic carbocycles. The number of nitrogens with one attached hydrogen (secondary N) is 1. The molecule has 0 bridgehead atoms. The summed E-state index contributed by atoms with van der Waals surface area (Å²) in [6.07, 6.45) is 1.79. The van der Waals surface area contributed by atoms with Crippen molar-refractivity contribution >= 4 is 22.5 Å². The van der Waals surface area contributed by atoms with E-state index in [0.29, 0.717) is 22.5 Å². The van der Waals surface area contributed by atoms with E-state index < -0.39 is 0 Å². The summed E-state index contributed by atoms with van der Waals surface area (Å²) < 4.78 is 2.84. The molecule has 1 aromatic carbocycles. The minimum absolute atomic E-state index is 0.101. The quantitative estimate of drug-likeness (QED) is 0.862. The summed E-state index contributed by atoms with van der Waals surface area (Å²) in [5.74, 6) is 0. The molecule has 6 heteroatoms. The summed E-state index contributed by atoms with van der Waals surface area (Å²) in [4.78, 5) is 25.1. The lowest BCUT2D eigenvalue weighted by atomic mass is 10.1. The molecule has 1 saturated heterocycles. The van der Waals surface area contributed by atoms with Gasteiger partial charge in [0.25, 0.3) is 5.56 Å². The molecule has 2 heterocycles. The Kier molecular flexibility index (Phi) is 3.40. The standard InChI is InChI=1S/C14H16ClN3O2/c1-17-11-6-2-5-10(15)12(11)13(19)18(14(17)20)9-4-3-7-16-8-9/h2,5-6,9,16H,3-4,7-8H2,1H3. The number of halogens is 1. The number of aryl methyl sites for hydroxylation is 1. The van der Waals surface area contributed by atoms with Crippen molar-refractivity contribution in [2.45, 2.75) is 18.9 Å². The fourth-order valence-electron chi connectivity index (χ4n) is 2.85. The topological polar surface area (TPSA) is 56.0 Å². The molecule has 0 saturated carbocycles. The van der Waals surface area contributed by atoms with Crippen molar-refractivity contribution in [3.63, 3.8) is 0 Å². The summed E-state index contributed by atoms with van der Waals surface area (Å²) in [5, 5.41) is 4.04. The molecular weight excluding hydrogens is 278 g/mol. The molecule has 0 radical (unpaired) electrons. The zero-order valence-electron chi connectivity index (χ0n) is 11.2. The molecule has 0 amide bonds. The van der Waals surface area contributed by atoms with Gasteiger partial charge in [-0.05, 0) is 31.5 Å². The molecule has 5 nitrogen and oxygen atoms in total. The Bertz CT molecular complexity index is 772. The minimum atomic E-state index is -0.289. The van der Waals surface area contributed by atoms with Crippen LogP contribution in [0.2, 0.25) is 5.02 Å². The average molecular weight is 294 g/mol. The van der Waals surface area contributed by atoms with Gasteiger partial charge in [-0.15, -0.1) is 0 Å². The van der Waals surface area contributed by atoms with Crippen molar-refractivity contribution in [3.05, 3.63) is 44.1 Å². The van der Waals surface area contributed by atoms with Gasteiger partial charge in [0.1, 0.15) is 0 Å². The molecule has 2 aromatic rings. The predicted molar refractivity (Wildman–Crippen MR) is 79.6 cm³/mol. The number of rotatable bonds is 1. The highest BCUT2D eigenvalue weighted by Crippen LogP contribution is 2.20. The number of hydrogen-bond acceptors (Lipinski definition) is 3. The van der Waals surface area contributed by atoms with Crippen molar-refractivity contribution in [2.75, 3.05) is 13.1 Å². The third-order valence-corrected chi connectivity index (χ3v) is 4.23. The molecule has 0 spiro atoms. The lowest BCUT2D eigenvalue weighted by Crippen LogP contribution is -2.46. The first-order valence-electron chi connectivity index (χ1n) is 6.71. The van der Waals surface area contributed by atoms with Gasteiger partial charge in [0.05, 0.1) is 22.0 Å². The van der Waals surface area contributed by atoms with Gasteiger partial charge in [-0.2, -0.15) is 0 Å². The number of nitrogens with zero attached hydrogens (tertiary/aromatic N) is 2. The predicted octanol–water partition coefficient (Wildman–Crippen LogP) is 1.28. The molecule has 1 aromatic heterocycles. The van der Waals surface area contributed by atoms with Crippen LogP contribution < -0.4 is 16.6 Å². The summed E-state index contributed by atoms with van der Waals surface area (Å²) in [6.45, 7) is 1.57. The second-order valence-corrected chi connectivity index (χ2v) is 5.56. The third-order valence-electron chi connectivity index (χ3n) is 3.91. The molecule has 20 heavy (non-hydrogen) atoms. The van der Waals surface area contributed by atoms with Crippen molar-refractivity contribution in [2.24, 2.45) is 7.05 Å².